The van der Waals surface area contributed by atoms with Gasteiger partial charge in [-0.25, -0.2) is 8.78 Å². The van der Waals surface area contributed by atoms with Crippen LogP contribution in [0.25, 0.3) is 0 Å². The molecule has 1 N–H and O–H groups in total. The van der Waals surface area contributed by atoms with Crippen LogP contribution in [0.4, 0.5) is 8.78 Å². The first-order valence-electron chi connectivity index (χ1n) is 6.22. The van der Waals surface area contributed by atoms with Gasteiger partial charge in [-0.15, -0.1) is 0 Å². The Labute approximate surface area is 102 Å². The van der Waals surface area contributed by atoms with Gasteiger partial charge in [0.15, 0.2) is 0 Å². The van der Waals surface area contributed by atoms with Gasteiger partial charge in [0.05, 0.1) is 0 Å². The van der Waals surface area contributed by atoms with Gasteiger partial charge in [-0.3, -0.25) is 0 Å². The second-order valence-corrected chi connectivity index (χ2v) is 4.64. The predicted molar refractivity (Wildman–Crippen MR) is 67.1 cm³/mol. The molecule has 0 amide bonds. The molecule has 0 saturated carbocycles. The summed E-state index contributed by atoms with van der Waals surface area (Å²) in [5, 5.41) is 3.32. The summed E-state index contributed by atoms with van der Waals surface area (Å²) < 4.78 is 26.4. The van der Waals surface area contributed by atoms with Crippen molar-refractivity contribution in [2.75, 3.05) is 13.1 Å². The van der Waals surface area contributed by atoms with E-state index in [0.29, 0.717) is 11.5 Å². The largest absolute Gasteiger partial charge is 0.316 e. The van der Waals surface area contributed by atoms with Crippen molar-refractivity contribution in [1.29, 1.82) is 0 Å². The molecule has 1 rings (SSSR count). The van der Waals surface area contributed by atoms with Crippen molar-refractivity contribution in [3.05, 3.63) is 35.4 Å². The van der Waals surface area contributed by atoms with Crippen molar-refractivity contribution in [3.8, 4) is 0 Å². The molecule has 1 aromatic rings. The van der Waals surface area contributed by atoms with E-state index in [1.54, 1.807) is 6.07 Å². The predicted octanol–water partition coefficient (Wildman–Crippen LogP) is 3.70. The molecule has 3 heteroatoms. The molecule has 1 aromatic carbocycles. The Kier molecular flexibility index (Phi) is 5.56. The molecule has 0 spiro atoms. The number of nitrogens with one attached hydrogen (secondary N) is 1. The normalized spacial score (nSPS) is 14.6. The van der Waals surface area contributed by atoms with E-state index in [1.165, 1.54) is 6.07 Å². The summed E-state index contributed by atoms with van der Waals surface area (Å²) in [6.45, 7) is 8.00. The van der Waals surface area contributed by atoms with E-state index in [0.717, 1.165) is 25.6 Å². The zero-order valence-electron chi connectivity index (χ0n) is 10.8. The highest BCUT2D eigenvalue weighted by Crippen LogP contribution is 2.26. The number of halogens is 2. The molecule has 0 aliphatic rings. The molecule has 1 nitrogen and oxygen atoms in total. The van der Waals surface area contributed by atoms with Gasteiger partial charge in [0.2, 0.25) is 0 Å². The lowest BCUT2D eigenvalue weighted by atomic mass is 9.88. The highest BCUT2D eigenvalue weighted by molar-refractivity contribution is 5.22. The zero-order valence-corrected chi connectivity index (χ0v) is 10.8. The van der Waals surface area contributed by atoms with Gasteiger partial charge in [0.25, 0.3) is 0 Å². The average molecular weight is 241 g/mol. The lowest BCUT2D eigenvalue weighted by molar-refractivity contribution is 0.433. The maximum atomic E-state index is 13.6. The standard InChI is InChI=1S/C14H21F2N/c1-4-7-17-9-10(2)11(3)13-6-5-12(15)8-14(13)16/h5-6,8,10-11,17H,4,7,9H2,1-3H3. The average Bonchev–Trinajstić information content (AvgIpc) is 2.28. The summed E-state index contributed by atoms with van der Waals surface area (Å²) in [6.07, 6.45) is 1.09. The molecule has 0 aliphatic carbocycles. The summed E-state index contributed by atoms with van der Waals surface area (Å²) in [4.78, 5) is 0. The molecule has 0 aliphatic heterocycles. The van der Waals surface area contributed by atoms with Gasteiger partial charge >= 0.3 is 0 Å². The van der Waals surface area contributed by atoms with Crippen LogP contribution in [0.2, 0.25) is 0 Å². The zero-order chi connectivity index (χ0) is 12.8. The quantitative estimate of drug-likeness (QED) is 0.749. The summed E-state index contributed by atoms with van der Waals surface area (Å²) in [5.74, 6) is -0.559. The van der Waals surface area contributed by atoms with Crippen LogP contribution < -0.4 is 5.32 Å². The van der Waals surface area contributed by atoms with E-state index in [2.05, 4.69) is 19.2 Å². The second-order valence-electron chi connectivity index (χ2n) is 4.64. The van der Waals surface area contributed by atoms with Crippen LogP contribution in [-0.4, -0.2) is 13.1 Å². The number of hydrogen-bond acceptors (Lipinski definition) is 1. The monoisotopic (exact) mass is 241 g/mol. The van der Waals surface area contributed by atoms with Crippen LogP contribution in [0.15, 0.2) is 18.2 Å². The molecule has 0 aromatic heterocycles. The molecule has 2 unspecified atom stereocenters. The minimum atomic E-state index is -0.518. The van der Waals surface area contributed by atoms with E-state index in [-0.39, 0.29) is 5.92 Å². The molecule has 17 heavy (non-hydrogen) atoms. The van der Waals surface area contributed by atoms with Crippen molar-refractivity contribution in [1.82, 2.24) is 5.32 Å². The smallest absolute Gasteiger partial charge is 0.129 e. The van der Waals surface area contributed by atoms with E-state index >= 15 is 0 Å². The van der Waals surface area contributed by atoms with Crippen LogP contribution in [0, 0.1) is 17.6 Å². The minimum Gasteiger partial charge on any atom is -0.316 e. The van der Waals surface area contributed by atoms with Gasteiger partial charge < -0.3 is 5.32 Å². The molecule has 2 atom stereocenters. The summed E-state index contributed by atoms with van der Waals surface area (Å²) in [6, 6.07) is 3.82. The van der Waals surface area contributed by atoms with Crippen LogP contribution in [0.3, 0.4) is 0 Å². The van der Waals surface area contributed by atoms with Crippen LogP contribution in [0.5, 0.6) is 0 Å². The van der Waals surface area contributed by atoms with E-state index < -0.39 is 11.6 Å². The second kappa shape index (κ2) is 6.70. The maximum Gasteiger partial charge on any atom is 0.129 e. The fourth-order valence-electron chi connectivity index (χ4n) is 1.86. The maximum absolute atomic E-state index is 13.6. The minimum absolute atomic E-state index is 0.0833. The summed E-state index contributed by atoms with van der Waals surface area (Å²) in [7, 11) is 0. The first-order chi connectivity index (χ1) is 8.06. The van der Waals surface area contributed by atoms with E-state index in [9.17, 15) is 8.78 Å². The Balaban J connectivity index is 2.64. The van der Waals surface area contributed by atoms with Gasteiger partial charge in [-0.2, -0.15) is 0 Å². The van der Waals surface area contributed by atoms with Gasteiger partial charge in [0.1, 0.15) is 11.6 Å². The topological polar surface area (TPSA) is 12.0 Å². The molecule has 0 radical (unpaired) electrons. The third kappa shape index (κ3) is 4.08. The van der Waals surface area contributed by atoms with Crippen molar-refractivity contribution in [2.45, 2.75) is 33.1 Å². The number of rotatable bonds is 6. The Bertz CT molecular complexity index is 352. The van der Waals surface area contributed by atoms with E-state index in [4.69, 9.17) is 0 Å². The van der Waals surface area contributed by atoms with Crippen molar-refractivity contribution >= 4 is 0 Å². The molecule has 0 saturated heterocycles. The fourth-order valence-corrected chi connectivity index (χ4v) is 1.86. The van der Waals surface area contributed by atoms with Crippen molar-refractivity contribution < 1.29 is 8.78 Å². The van der Waals surface area contributed by atoms with Gasteiger partial charge in [0, 0.05) is 6.07 Å². The first kappa shape index (κ1) is 14.1. The third-order valence-corrected chi connectivity index (χ3v) is 3.20. The summed E-state index contributed by atoms with van der Waals surface area (Å²) >= 11 is 0. The molecule has 96 valence electrons. The van der Waals surface area contributed by atoms with Gasteiger partial charge in [-0.05, 0) is 43.0 Å². The van der Waals surface area contributed by atoms with Crippen LogP contribution in [-0.2, 0) is 0 Å². The fraction of sp³-hybridized carbons (Fsp3) is 0.571. The lowest BCUT2D eigenvalue weighted by Crippen LogP contribution is -2.25. The SMILES string of the molecule is CCCNCC(C)C(C)c1ccc(F)cc1F. The first-order valence-corrected chi connectivity index (χ1v) is 6.22. The molecule has 0 heterocycles. The Morgan fingerprint density at radius 2 is 1.94 bits per heavy atom. The Morgan fingerprint density at radius 3 is 2.53 bits per heavy atom. The molecule has 0 fully saturated rings. The molecular formula is C14H21F2N. The lowest BCUT2D eigenvalue weighted by Gasteiger charge is -2.21. The highest BCUT2D eigenvalue weighted by atomic mass is 19.1. The van der Waals surface area contributed by atoms with Crippen molar-refractivity contribution in [2.24, 2.45) is 5.92 Å². The highest BCUT2D eigenvalue weighted by Gasteiger charge is 2.17. The summed E-state index contributed by atoms with van der Waals surface area (Å²) in [5.41, 5.74) is 0.595. The Morgan fingerprint density at radius 1 is 1.24 bits per heavy atom. The number of benzene rings is 1. The third-order valence-electron chi connectivity index (χ3n) is 3.20. The van der Waals surface area contributed by atoms with Crippen molar-refractivity contribution in [3.63, 3.8) is 0 Å². The van der Waals surface area contributed by atoms with Crippen LogP contribution in [0.1, 0.15) is 38.7 Å². The number of hydrogen-bond donors (Lipinski definition) is 1. The molecule has 0 bridgehead atoms. The Hall–Kier alpha value is -0.960. The van der Waals surface area contributed by atoms with Crippen LogP contribution >= 0.6 is 0 Å². The van der Waals surface area contributed by atoms with E-state index in [1.807, 2.05) is 6.92 Å². The van der Waals surface area contributed by atoms with Gasteiger partial charge in [-0.1, -0.05) is 26.8 Å². The molecular weight excluding hydrogens is 220 g/mol.